The van der Waals surface area contributed by atoms with Crippen LogP contribution in [0.1, 0.15) is 31.4 Å². The van der Waals surface area contributed by atoms with Crippen molar-refractivity contribution < 1.29 is 9.84 Å². The molecule has 1 aromatic rings. The van der Waals surface area contributed by atoms with E-state index in [2.05, 4.69) is 6.92 Å². The fraction of sp³-hybridized carbons (Fsp3) is 0.455. The van der Waals surface area contributed by atoms with E-state index in [1.165, 1.54) is 0 Å². The molecule has 72 valence electrons. The number of methoxy groups -OCH3 is 1. The first kappa shape index (κ1) is 10.1. The molecule has 1 aromatic carbocycles. The Hall–Kier alpha value is -1.02. The lowest BCUT2D eigenvalue weighted by molar-refractivity contribution is 0.166. The van der Waals surface area contributed by atoms with E-state index >= 15 is 0 Å². The highest BCUT2D eigenvalue weighted by Gasteiger charge is 2.05. The summed E-state index contributed by atoms with van der Waals surface area (Å²) in [7, 11) is 1.64. The van der Waals surface area contributed by atoms with Crippen molar-refractivity contribution in [2.24, 2.45) is 0 Å². The molecule has 0 saturated carbocycles. The highest BCUT2D eigenvalue weighted by Crippen LogP contribution is 2.20. The fourth-order valence-corrected chi connectivity index (χ4v) is 1.27. The van der Waals surface area contributed by atoms with E-state index in [9.17, 15) is 5.11 Å². The molecular weight excluding hydrogens is 164 g/mol. The Labute approximate surface area is 79.2 Å². The standard InChI is InChI=1S/C11H16O2/c1-3-4-11(12)9-5-7-10(13-2)8-6-9/h5-8,11-12H,3-4H2,1-2H3/t11-/m0/s1. The van der Waals surface area contributed by atoms with Crippen molar-refractivity contribution in [3.05, 3.63) is 29.8 Å². The number of benzene rings is 1. The van der Waals surface area contributed by atoms with Gasteiger partial charge in [-0.15, -0.1) is 0 Å². The Morgan fingerprint density at radius 3 is 2.38 bits per heavy atom. The van der Waals surface area contributed by atoms with Crippen LogP contribution < -0.4 is 4.74 Å². The van der Waals surface area contributed by atoms with Crippen molar-refractivity contribution in [2.45, 2.75) is 25.9 Å². The SMILES string of the molecule is CCC[C@H](O)c1ccc(OC)cc1. The average Bonchev–Trinajstić information content (AvgIpc) is 2.18. The van der Waals surface area contributed by atoms with Crippen LogP contribution in [0.5, 0.6) is 5.75 Å². The van der Waals surface area contributed by atoms with Gasteiger partial charge < -0.3 is 9.84 Å². The lowest BCUT2D eigenvalue weighted by Crippen LogP contribution is -1.96. The second-order valence-electron chi connectivity index (χ2n) is 3.08. The third-order valence-electron chi connectivity index (χ3n) is 2.06. The Balaban J connectivity index is 2.67. The van der Waals surface area contributed by atoms with E-state index in [4.69, 9.17) is 4.74 Å². The first-order chi connectivity index (χ1) is 6.27. The molecule has 1 rings (SSSR count). The van der Waals surface area contributed by atoms with E-state index in [1.807, 2.05) is 24.3 Å². The summed E-state index contributed by atoms with van der Waals surface area (Å²) in [4.78, 5) is 0. The zero-order chi connectivity index (χ0) is 9.68. The summed E-state index contributed by atoms with van der Waals surface area (Å²) in [5, 5.41) is 9.64. The quantitative estimate of drug-likeness (QED) is 0.771. The number of ether oxygens (including phenoxy) is 1. The molecule has 0 unspecified atom stereocenters. The van der Waals surface area contributed by atoms with Gasteiger partial charge in [-0.1, -0.05) is 25.5 Å². The minimum atomic E-state index is -0.337. The first-order valence-corrected chi connectivity index (χ1v) is 4.60. The molecule has 13 heavy (non-hydrogen) atoms. The van der Waals surface area contributed by atoms with E-state index < -0.39 is 0 Å². The second kappa shape index (κ2) is 4.87. The van der Waals surface area contributed by atoms with Crippen LogP contribution in [-0.2, 0) is 0 Å². The highest BCUT2D eigenvalue weighted by molar-refractivity contribution is 5.28. The maximum Gasteiger partial charge on any atom is 0.118 e. The fourth-order valence-electron chi connectivity index (χ4n) is 1.27. The van der Waals surface area contributed by atoms with Gasteiger partial charge in [-0.3, -0.25) is 0 Å². The van der Waals surface area contributed by atoms with Crippen LogP contribution in [0.4, 0.5) is 0 Å². The van der Waals surface area contributed by atoms with E-state index in [1.54, 1.807) is 7.11 Å². The molecule has 0 spiro atoms. The summed E-state index contributed by atoms with van der Waals surface area (Å²) in [6.07, 6.45) is 1.47. The lowest BCUT2D eigenvalue weighted by Gasteiger charge is -2.09. The van der Waals surface area contributed by atoms with Gasteiger partial charge in [0.1, 0.15) is 5.75 Å². The maximum absolute atomic E-state index is 9.64. The molecule has 1 atom stereocenters. The topological polar surface area (TPSA) is 29.5 Å². The summed E-state index contributed by atoms with van der Waals surface area (Å²) in [5.74, 6) is 0.826. The van der Waals surface area contributed by atoms with Crippen molar-refractivity contribution in [3.63, 3.8) is 0 Å². The van der Waals surface area contributed by atoms with Gasteiger partial charge in [-0.25, -0.2) is 0 Å². The summed E-state index contributed by atoms with van der Waals surface area (Å²) < 4.78 is 5.03. The molecule has 2 heteroatoms. The third-order valence-corrected chi connectivity index (χ3v) is 2.06. The van der Waals surface area contributed by atoms with Gasteiger partial charge in [0, 0.05) is 0 Å². The predicted molar refractivity (Wildman–Crippen MR) is 52.9 cm³/mol. The van der Waals surface area contributed by atoms with Crippen LogP contribution in [0.15, 0.2) is 24.3 Å². The minimum absolute atomic E-state index is 0.337. The van der Waals surface area contributed by atoms with Crippen molar-refractivity contribution in [1.29, 1.82) is 0 Å². The molecule has 2 nitrogen and oxygen atoms in total. The highest BCUT2D eigenvalue weighted by atomic mass is 16.5. The Morgan fingerprint density at radius 2 is 1.92 bits per heavy atom. The number of hydrogen-bond donors (Lipinski definition) is 1. The number of aliphatic hydroxyl groups excluding tert-OH is 1. The summed E-state index contributed by atoms with van der Waals surface area (Å²) in [5.41, 5.74) is 0.961. The van der Waals surface area contributed by atoms with Crippen LogP contribution in [0, 0.1) is 0 Å². The molecule has 0 aliphatic rings. The largest absolute Gasteiger partial charge is 0.497 e. The number of hydrogen-bond acceptors (Lipinski definition) is 2. The van der Waals surface area contributed by atoms with Gasteiger partial charge in [0.25, 0.3) is 0 Å². The zero-order valence-electron chi connectivity index (χ0n) is 8.16. The van der Waals surface area contributed by atoms with Crippen LogP contribution in [0.2, 0.25) is 0 Å². The number of aliphatic hydroxyl groups is 1. The van der Waals surface area contributed by atoms with Crippen molar-refractivity contribution in [1.82, 2.24) is 0 Å². The predicted octanol–water partition coefficient (Wildman–Crippen LogP) is 2.53. The molecule has 0 bridgehead atoms. The molecule has 0 aliphatic heterocycles. The van der Waals surface area contributed by atoms with Crippen LogP contribution in [0.25, 0.3) is 0 Å². The smallest absolute Gasteiger partial charge is 0.118 e. The zero-order valence-corrected chi connectivity index (χ0v) is 8.16. The Kier molecular flexibility index (Phi) is 3.77. The van der Waals surface area contributed by atoms with E-state index in [0.29, 0.717) is 0 Å². The van der Waals surface area contributed by atoms with E-state index in [0.717, 1.165) is 24.2 Å². The molecule has 0 amide bonds. The second-order valence-corrected chi connectivity index (χ2v) is 3.08. The Morgan fingerprint density at radius 1 is 1.31 bits per heavy atom. The third kappa shape index (κ3) is 2.74. The van der Waals surface area contributed by atoms with Gasteiger partial charge in [0.05, 0.1) is 13.2 Å². The molecular formula is C11H16O2. The van der Waals surface area contributed by atoms with Crippen molar-refractivity contribution in [2.75, 3.05) is 7.11 Å². The number of rotatable bonds is 4. The molecule has 1 N–H and O–H groups in total. The van der Waals surface area contributed by atoms with Crippen LogP contribution >= 0.6 is 0 Å². The van der Waals surface area contributed by atoms with Gasteiger partial charge in [0.15, 0.2) is 0 Å². The summed E-state index contributed by atoms with van der Waals surface area (Å²) >= 11 is 0. The average molecular weight is 180 g/mol. The van der Waals surface area contributed by atoms with Crippen molar-refractivity contribution in [3.8, 4) is 5.75 Å². The molecule has 0 aromatic heterocycles. The molecule has 0 radical (unpaired) electrons. The maximum atomic E-state index is 9.64. The van der Waals surface area contributed by atoms with Crippen LogP contribution in [0.3, 0.4) is 0 Å². The lowest BCUT2D eigenvalue weighted by atomic mass is 10.1. The monoisotopic (exact) mass is 180 g/mol. The van der Waals surface area contributed by atoms with Gasteiger partial charge in [0.2, 0.25) is 0 Å². The summed E-state index contributed by atoms with van der Waals surface area (Å²) in [6, 6.07) is 7.54. The van der Waals surface area contributed by atoms with Gasteiger partial charge >= 0.3 is 0 Å². The first-order valence-electron chi connectivity index (χ1n) is 4.60. The van der Waals surface area contributed by atoms with Gasteiger partial charge in [-0.2, -0.15) is 0 Å². The van der Waals surface area contributed by atoms with E-state index in [-0.39, 0.29) is 6.10 Å². The Bertz CT molecular complexity index is 241. The normalized spacial score (nSPS) is 12.5. The van der Waals surface area contributed by atoms with Crippen LogP contribution in [-0.4, -0.2) is 12.2 Å². The summed E-state index contributed by atoms with van der Waals surface area (Å²) in [6.45, 7) is 2.06. The minimum Gasteiger partial charge on any atom is -0.497 e. The molecule has 0 saturated heterocycles. The van der Waals surface area contributed by atoms with Crippen molar-refractivity contribution >= 4 is 0 Å². The molecule has 0 fully saturated rings. The molecule has 0 heterocycles. The molecule has 0 aliphatic carbocycles. The van der Waals surface area contributed by atoms with Gasteiger partial charge in [-0.05, 0) is 24.1 Å².